The molecule has 1 aromatic heterocycles. The topological polar surface area (TPSA) is 65.2 Å². The first-order chi connectivity index (χ1) is 16.5. The number of hydrogen-bond donors (Lipinski definition) is 0. The summed E-state index contributed by atoms with van der Waals surface area (Å²) in [6, 6.07) is 13.4. The molecule has 2 aliphatic rings. The highest BCUT2D eigenvalue weighted by molar-refractivity contribution is 5.94. The van der Waals surface area contributed by atoms with E-state index in [4.69, 9.17) is 5.26 Å². The number of rotatable bonds is 4. The summed E-state index contributed by atoms with van der Waals surface area (Å²) < 4.78 is 28.9. The van der Waals surface area contributed by atoms with Gasteiger partial charge in [-0.3, -0.25) is 9.69 Å². The van der Waals surface area contributed by atoms with Gasteiger partial charge in [0, 0.05) is 50.0 Å². The Kier molecular flexibility index (Phi) is 6.12. The number of hydrogen-bond acceptors (Lipinski definition) is 4. The van der Waals surface area contributed by atoms with Gasteiger partial charge in [-0.15, -0.1) is 0 Å². The molecule has 8 heteroatoms. The number of aromatic nitrogens is 2. The third kappa shape index (κ3) is 4.31. The molecule has 0 N–H and O–H groups in total. The van der Waals surface area contributed by atoms with Crippen molar-refractivity contribution < 1.29 is 13.6 Å². The number of fused-ring (bicyclic) bond motifs is 1. The van der Waals surface area contributed by atoms with Crippen LogP contribution in [0, 0.1) is 23.0 Å². The normalized spacial score (nSPS) is 16.2. The van der Waals surface area contributed by atoms with E-state index in [0.717, 1.165) is 74.3 Å². The minimum absolute atomic E-state index is 0.0975. The Morgan fingerprint density at radius 2 is 1.79 bits per heavy atom. The number of benzene rings is 2. The molecule has 1 amide bonds. The predicted octanol–water partition coefficient (Wildman–Crippen LogP) is 3.86. The lowest BCUT2D eigenvalue weighted by atomic mass is 10.1. The molecule has 1 fully saturated rings. The van der Waals surface area contributed by atoms with Crippen molar-refractivity contribution in [1.29, 1.82) is 5.26 Å². The van der Waals surface area contributed by atoms with Crippen molar-refractivity contribution in [1.82, 2.24) is 19.6 Å². The van der Waals surface area contributed by atoms with Crippen LogP contribution < -0.4 is 0 Å². The third-order valence-electron chi connectivity index (χ3n) is 6.65. The highest BCUT2D eigenvalue weighted by Crippen LogP contribution is 2.29. The van der Waals surface area contributed by atoms with Crippen LogP contribution >= 0.6 is 0 Å². The molecule has 0 atom stereocenters. The number of nitriles is 1. The Bertz CT molecular complexity index is 1260. The Balaban J connectivity index is 1.32. The zero-order chi connectivity index (χ0) is 23.7. The second-order valence-corrected chi connectivity index (χ2v) is 8.87. The molecular weight excluding hydrogens is 436 g/mol. The number of carbonyl (C=O) groups is 1. The Morgan fingerprint density at radius 3 is 2.56 bits per heavy atom. The maximum atomic E-state index is 13.8. The molecule has 0 unspecified atom stereocenters. The Hall–Kier alpha value is -3.57. The van der Waals surface area contributed by atoms with Crippen LogP contribution in [0.3, 0.4) is 0 Å². The van der Waals surface area contributed by atoms with Crippen LogP contribution in [0.5, 0.6) is 0 Å². The lowest BCUT2D eigenvalue weighted by Gasteiger charge is -2.22. The number of halogens is 2. The zero-order valence-corrected chi connectivity index (χ0v) is 18.8. The van der Waals surface area contributed by atoms with Crippen LogP contribution in [0.15, 0.2) is 42.5 Å². The summed E-state index contributed by atoms with van der Waals surface area (Å²) in [4.78, 5) is 17.7. The van der Waals surface area contributed by atoms with Gasteiger partial charge >= 0.3 is 0 Å². The molecule has 5 rings (SSSR count). The summed E-state index contributed by atoms with van der Waals surface area (Å²) in [5, 5.41) is 13.6. The molecule has 174 valence electrons. The monoisotopic (exact) mass is 461 g/mol. The van der Waals surface area contributed by atoms with Crippen LogP contribution in [0.4, 0.5) is 8.78 Å². The molecule has 0 saturated carbocycles. The fourth-order valence-electron chi connectivity index (χ4n) is 4.86. The van der Waals surface area contributed by atoms with Gasteiger partial charge in [0.15, 0.2) is 17.3 Å². The highest BCUT2D eigenvalue weighted by Gasteiger charge is 2.30. The maximum absolute atomic E-state index is 13.8. The average molecular weight is 462 g/mol. The van der Waals surface area contributed by atoms with Crippen molar-refractivity contribution in [2.75, 3.05) is 26.2 Å². The molecule has 0 spiro atoms. The third-order valence-corrected chi connectivity index (χ3v) is 6.65. The summed E-state index contributed by atoms with van der Waals surface area (Å²) in [6.07, 6.45) is 3.29. The number of amides is 1. The first-order valence-electron chi connectivity index (χ1n) is 11.6. The average Bonchev–Trinajstić information content (AvgIpc) is 3.38. The Labute approximate surface area is 197 Å². The van der Waals surface area contributed by atoms with Gasteiger partial charge in [0.05, 0.1) is 17.3 Å². The predicted molar refractivity (Wildman–Crippen MR) is 122 cm³/mol. The quantitative estimate of drug-likeness (QED) is 0.592. The highest BCUT2D eigenvalue weighted by atomic mass is 19.2. The van der Waals surface area contributed by atoms with Gasteiger partial charge in [0.25, 0.3) is 5.91 Å². The second-order valence-electron chi connectivity index (χ2n) is 8.87. The standard InChI is InChI=1S/C26H25F2N5O/c27-22-10-9-20(15-23(22)28)33-24-4-1-3-21(24)25(30-33)26(34)32-12-2-11-31(13-14-32)17-19-7-5-18(16-29)6-8-19/h5-10,15H,1-4,11-14,17H2. The van der Waals surface area contributed by atoms with Crippen molar-refractivity contribution in [2.45, 2.75) is 32.2 Å². The molecule has 2 aromatic carbocycles. The van der Waals surface area contributed by atoms with Gasteiger partial charge in [0.2, 0.25) is 0 Å². The molecule has 2 heterocycles. The van der Waals surface area contributed by atoms with E-state index in [-0.39, 0.29) is 5.91 Å². The van der Waals surface area contributed by atoms with Crippen LogP contribution in [-0.2, 0) is 19.4 Å². The van der Waals surface area contributed by atoms with Gasteiger partial charge in [-0.1, -0.05) is 12.1 Å². The van der Waals surface area contributed by atoms with Crippen LogP contribution in [-0.4, -0.2) is 51.7 Å². The maximum Gasteiger partial charge on any atom is 0.274 e. The first kappa shape index (κ1) is 22.2. The molecule has 6 nitrogen and oxygen atoms in total. The van der Waals surface area contributed by atoms with E-state index < -0.39 is 11.6 Å². The molecule has 34 heavy (non-hydrogen) atoms. The van der Waals surface area contributed by atoms with Crippen LogP contribution in [0.25, 0.3) is 5.69 Å². The fourth-order valence-corrected chi connectivity index (χ4v) is 4.86. The van der Waals surface area contributed by atoms with E-state index in [0.29, 0.717) is 30.0 Å². The van der Waals surface area contributed by atoms with Gasteiger partial charge in [-0.25, -0.2) is 13.5 Å². The summed E-state index contributed by atoms with van der Waals surface area (Å²) in [6.45, 7) is 3.65. The van der Waals surface area contributed by atoms with Gasteiger partial charge < -0.3 is 4.90 Å². The van der Waals surface area contributed by atoms with Crippen LogP contribution in [0.1, 0.15) is 45.7 Å². The molecule has 0 bridgehead atoms. The Morgan fingerprint density at radius 1 is 0.971 bits per heavy atom. The van der Waals surface area contributed by atoms with Crippen LogP contribution in [0.2, 0.25) is 0 Å². The SMILES string of the molecule is N#Cc1ccc(CN2CCCN(C(=O)c3nn(-c4ccc(F)c(F)c4)c4c3CCC4)CC2)cc1. The summed E-state index contributed by atoms with van der Waals surface area (Å²) in [7, 11) is 0. The molecule has 0 radical (unpaired) electrons. The van der Waals surface area contributed by atoms with E-state index in [1.54, 1.807) is 4.68 Å². The zero-order valence-electron chi connectivity index (χ0n) is 18.8. The lowest BCUT2D eigenvalue weighted by molar-refractivity contribution is 0.0753. The van der Waals surface area contributed by atoms with E-state index in [9.17, 15) is 13.6 Å². The van der Waals surface area contributed by atoms with Crippen molar-refractivity contribution in [3.63, 3.8) is 0 Å². The van der Waals surface area contributed by atoms with Crippen molar-refractivity contribution in [3.8, 4) is 11.8 Å². The van der Waals surface area contributed by atoms with Crippen molar-refractivity contribution in [3.05, 3.63) is 82.2 Å². The minimum atomic E-state index is -0.928. The van der Waals surface area contributed by atoms with E-state index in [2.05, 4.69) is 16.1 Å². The summed E-state index contributed by atoms with van der Waals surface area (Å²) >= 11 is 0. The van der Waals surface area contributed by atoms with Crippen molar-refractivity contribution in [2.24, 2.45) is 0 Å². The molecule has 1 aliphatic carbocycles. The van der Waals surface area contributed by atoms with E-state index >= 15 is 0 Å². The molecule has 3 aromatic rings. The number of nitrogens with zero attached hydrogens (tertiary/aromatic N) is 5. The van der Waals surface area contributed by atoms with Gasteiger partial charge in [0.1, 0.15) is 0 Å². The lowest BCUT2D eigenvalue weighted by Crippen LogP contribution is -2.35. The fraction of sp³-hybridized carbons (Fsp3) is 0.346. The molecule has 1 saturated heterocycles. The van der Waals surface area contributed by atoms with Gasteiger partial charge in [-0.2, -0.15) is 10.4 Å². The first-order valence-corrected chi connectivity index (χ1v) is 11.6. The largest absolute Gasteiger partial charge is 0.336 e. The second kappa shape index (κ2) is 9.35. The van der Waals surface area contributed by atoms with E-state index in [1.807, 2.05) is 29.2 Å². The molecule has 1 aliphatic heterocycles. The number of carbonyl (C=O) groups excluding carboxylic acids is 1. The van der Waals surface area contributed by atoms with Crippen molar-refractivity contribution >= 4 is 5.91 Å². The van der Waals surface area contributed by atoms with Gasteiger partial charge in [-0.05, 0) is 55.5 Å². The minimum Gasteiger partial charge on any atom is -0.336 e. The molecular formula is C26H25F2N5O. The van der Waals surface area contributed by atoms with E-state index in [1.165, 1.54) is 6.07 Å². The smallest absolute Gasteiger partial charge is 0.274 e. The summed E-state index contributed by atoms with van der Waals surface area (Å²) in [5.41, 5.74) is 4.48. The summed E-state index contributed by atoms with van der Waals surface area (Å²) in [5.74, 6) is -1.93.